The average Bonchev–Trinajstić information content (AvgIpc) is 3.30. The first-order valence-electron chi connectivity index (χ1n) is 10.2. The van der Waals surface area contributed by atoms with Crippen LogP contribution < -0.4 is 10.6 Å². The minimum atomic E-state index is -0.511. The summed E-state index contributed by atoms with van der Waals surface area (Å²) in [5, 5.41) is 19.8. The van der Waals surface area contributed by atoms with Crippen molar-refractivity contribution in [3.8, 4) is 0 Å². The van der Waals surface area contributed by atoms with Crippen molar-refractivity contribution in [2.45, 2.75) is 50.9 Å². The number of benzene rings is 1. The largest absolute Gasteiger partial charge is 0.387 e. The number of nitrogens with two attached hydrogens (primary N) is 1. The lowest BCUT2D eigenvalue weighted by Gasteiger charge is -2.31. The van der Waals surface area contributed by atoms with Crippen LogP contribution in [0.3, 0.4) is 0 Å². The zero-order valence-corrected chi connectivity index (χ0v) is 18.7. The van der Waals surface area contributed by atoms with Crippen LogP contribution in [0.4, 0.5) is 5.82 Å². The van der Waals surface area contributed by atoms with Gasteiger partial charge in [0.25, 0.3) is 0 Å². The Morgan fingerprint density at radius 3 is 2.74 bits per heavy atom. The fourth-order valence-corrected chi connectivity index (χ4v) is 4.68. The van der Waals surface area contributed by atoms with Crippen molar-refractivity contribution >= 4 is 29.8 Å². The lowest BCUT2D eigenvalue weighted by molar-refractivity contribution is 0.170. The van der Waals surface area contributed by atoms with Gasteiger partial charge in [0, 0.05) is 23.7 Å². The molecule has 3 heterocycles. The Labute approximate surface area is 191 Å². The molecule has 1 aromatic carbocycles. The summed E-state index contributed by atoms with van der Waals surface area (Å²) in [4.78, 5) is 11.1. The topological polar surface area (TPSA) is 106 Å². The zero-order chi connectivity index (χ0) is 20.8. The van der Waals surface area contributed by atoms with E-state index >= 15 is 0 Å². The maximum atomic E-state index is 10.3. The van der Waals surface area contributed by atoms with Gasteiger partial charge in [-0.15, -0.1) is 22.6 Å². The highest BCUT2D eigenvalue weighted by Crippen LogP contribution is 2.43. The number of anilines is 1. The second-order valence-electron chi connectivity index (χ2n) is 8.13. The number of hydrogen-bond donors (Lipinski definition) is 2. The van der Waals surface area contributed by atoms with Gasteiger partial charge in [0.05, 0.1) is 24.4 Å². The molecular weight excluding hydrogens is 437 g/mol. The van der Waals surface area contributed by atoms with E-state index in [2.05, 4.69) is 36.6 Å². The molecule has 3 aromatic rings. The van der Waals surface area contributed by atoms with Crippen molar-refractivity contribution < 1.29 is 5.11 Å². The van der Waals surface area contributed by atoms with E-state index in [0.717, 1.165) is 47.4 Å². The molecular formula is C21H25Cl2N7O. The standard InChI is InChI=1S/C21H24ClN7O.ClH/c1-12-8-16(30)19-18(12)21(25-11-24-19)28-6-7-29-17(10-28)26-27-20(29)15(23)9-13-2-4-14(22)5-3-13;/h2-5,11-12,15-16,30H,6-10,23H2,1H3;1H/t12-,15-,16-;/m1./s1. The molecule has 0 bridgehead atoms. The van der Waals surface area contributed by atoms with Crippen LogP contribution in [0, 0.1) is 0 Å². The van der Waals surface area contributed by atoms with E-state index in [9.17, 15) is 5.11 Å². The molecule has 0 spiro atoms. The Kier molecular flexibility index (Phi) is 6.16. The monoisotopic (exact) mass is 461 g/mol. The molecule has 10 heteroatoms. The predicted molar refractivity (Wildman–Crippen MR) is 120 cm³/mol. The Bertz CT molecular complexity index is 1070. The van der Waals surface area contributed by atoms with Gasteiger partial charge >= 0.3 is 0 Å². The van der Waals surface area contributed by atoms with Crippen molar-refractivity contribution in [2.75, 3.05) is 11.4 Å². The molecule has 164 valence electrons. The Morgan fingerprint density at radius 2 is 1.97 bits per heavy atom. The summed E-state index contributed by atoms with van der Waals surface area (Å²) in [6, 6.07) is 7.49. The first-order chi connectivity index (χ1) is 14.5. The van der Waals surface area contributed by atoms with Crippen LogP contribution in [-0.4, -0.2) is 36.4 Å². The minimum absolute atomic E-state index is 0. The SMILES string of the molecule is C[C@@H]1C[C@@H](O)c2ncnc(N3CCn4c(nnc4[C@H](N)Cc4ccc(Cl)cc4)C3)c21.Cl. The average molecular weight is 462 g/mol. The first-order valence-corrected chi connectivity index (χ1v) is 10.6. The van der Waals surface area contributed by atoms with E-state index < -0.39 is 6.10 Å². The number of aliphatic hydroxyl groups is 1. The highest BCUT2D eigenvalue weighted by atomic mass is 35.5. The summed E-state index contributed by atoms with van der Waals surface area (Å²) in [7, 11) is 0. The predicted octanol–water partition coefficient (Wildman–Crippen LogP) is 2.95. The number of aromatic nitrogens is 5. The molecule has 2 aliphatic rings. The Balaban J connectivity index is 0.00000231. The molecule has 0 saturated heterocycles. The highest BCUT2D eigenvalue weighted by Gasteiger charge is 2.34. The van der Waals surface area contributed by atoms with Gasteiger partial charge in [0.2, 0.25) is 0 Å². The molecule has 0 fully saturated rings. The lowest BCUT2D eigenvalue weighted by Crippen LogP contribution is -2.36. The number of fused-ring (bicyclic) bond motifs is 2. The number of aliphatic hydroxyl groups excluding tert-OH is 1. The third-order valence-electron chi connectivity index (χ3n) is 6.06. The number of rotatable bonds is 4. The van der Waals surface area contributed by atoms with E-state index in [-0.39, 0.29) is 24.4 Å². The zero-order valence-electron chi connectivity index (χ0n) is 17.1. The van der Waals surface area contributed by atoms with Gasteiger partial charge < -0.3 is 20.3 Å². The maximum Gasteiger partial charge on any atom is 0.152 e. The Hall–Kier alpha value is -2.26. The van der Waals surface area contributed by atoms with Gasteiger partial charge in [-0.25, -0.2) is 9.97 Å². The number of hydrogen-bond acceptors (Lipinski definition) is 7. The molecule has 1 aliphatic carbocycles. The van der Waals surface area contributed by atoms with E-state index in [1.54, 1.807) is 6.33 Å². The smallest absolute Gasteiger partial charge is 0.152 e. The number of halogens is 2. The summed E-state index contributed by atoms with van der Waals surface area (Å²) in [6.45, 7) is 4.23. The third-order valence-corrected chi connectivity index (χ3v) is 6.31. The second-order valence-corrected chi connectivity index (χ2v) is 8.57. The van der Waals surface area contributed by atoms with E-state index in [0.29, 0.717) is 24.4 Å². The van der Waals surface area contributed by atoms with Crippen molar-refractivity contribution in [2.24, 2.45) is 5.73 Å². The maximum absolute atomic E-state index is 10.3. The summed E-state index contributed by atoms with van der Waals surface area (Å²) >= 11 is 5.97. The summed E-state index contributed by atoms with van der Waals surface area (Å²) in [5.41, 5.74) is 9.39. The summed E-state index contributed by atoms with van der Waals surface area (Å²) in [6.07, 6.45) is 2.40. The molecule has 3 N–H and O–H groups in total. The molecule has 31 heavy (non-hydrogen) atoms. The molecule has 0 amide bonds. The number of nitrogens with zero attached hydrogens (tertiary/aromatic N) is 6. The van der Waals surface area contributed by atoms with Crippen LogP contribution in [0.1, 0.15) is 59.9 Å². The van der Waals surface area contributed by atoms with Gasteiger partial charge in [0.15, 0.2) is 5.82 Å². The molecule has 0 saturated carbocycles. The fourth-order valence-electron chi connectivity index (χ4n) is 4.56. The molecule has 2 aromatic heterocycles. The van der Waals surface area contributed by atoms with Crippen LogP contribution in [0.25, 0.3) is 0 Å². The van der Waals surface area contributed by atoms with E-state index in [1.165, 1.54) is 0 Å². The molecule has 0 radical (unpaired) electrons. The van der Waals surface area contributed by atoms with Crippen LogP contribution in [-0.2, 0) is 19.5 Å². The normalized spacial score (nSPS) is 20.7. The Morgan fingerprint density at radius 1 is 1.19 bits per heavy atom. The van der Waals surface area contributed by atoms with Gasteiger partial charge in [-0.1, -0.05) is 30.7 Å². The quantitative estimate of drug-likeness (QED) is 0.614. The minimum Gasteiger partial charge on any atom is -0.387 e. The fraction of sp³-hybridized carbons (Fsp3) is 0.429. The van der Waals surface area contributed by atoms with Crippen molar-refractivity contribution in [1.82, 2.24) is 24.7 Å². The van der Waals surface area contributed by atoms with Gasteiger partial charge in [-0.05, 0) is 36.5 Å². The highest BCUT2D eigenvalue weighted by molar-refractivity contribution is 6.30. The van der Waals surface area contributed by atoms with Gasteiger partial charge in [-0.2, -0.15) is 0 Å². The van der Waals surface area contributed by atoms with Crippen molar-refractivity contribution in [3.05, 3.63) is 64.1 Å². The molecule has 0 unspecified atom stereocenters. The second kappa shape index (κ2) is 8.70. The van der Waals surface area contributed by atoms with Crippen molar-refractivity contribution in [3.63, 3.8) is 0 Å². The van der Waals surface area contributed by atoms with Crippen LogP contribution >= 0.6 is 24.0 Å². The van der Waals surface area contributed by atoms with E-state index in [1.807, 2.05) is 24.3 Å². The van der Waals surface area contributed by atoms with E-state index in [4.69, 9.17) is 17.3 Å². The van der Waals surface area contributed by atoms with Crippen LogP contribution in [0.5, 0.6) is 0 Å². The molecule has 1 aliphatic heterocycles. The summed E-state index contributed by atoms with van der Waals surface area (Å²) in [5.74, 6) is 2.80. The lowest BCUT2D eigenvalue weighted by atomic mass is 10.0. The molecule has 8 nitrogen and oxygen atoms in total. The third kappa shape index (κ3) is 4.01. The van der Waals surface area contributed by atoms with Crippen molar-refractivity contribution in [1.29, 1.82) is 0 Å². The van der Waals surface area contributed by atoms with Crippen LogP contribution in [0.15, 0.2) is 30.6 Å². The van der Waals surface area contributed by atoms with Crippen LogP contribution in [0.2, 0.25) is 5.02 Å². The molecule has 3 atom stereocenters. The molecule has 5 rings (SSSR count). The van der Waals surface area contributed by atoms with Gasteiger partial charge in [-0.3, -0.25) is 0 Å². The van der Waals surface area contributed by atoms with Gasteiger partial charge in [0.1, 0.15) is 18.0 Å². The summed E-state index contributed by atoms with van der Waals surface area (Å²) < 4.78 is 2.12. The first kappa shape index (κ1) is 22.0.